The number of unbranched alkanes of at least 4 members (excludes halogenated alkanes) is 31. The summed E-state index contributed by atoms with van der Waals surface area (Å²) in [6, 6.07) is 0. The van der Waals surface area contributed by atoms with Crippen molar-refractivity contribution in [2.45, 2.75) is 297 Å². The second-order valence-corrected chi connectivity index (χ2v) is 19.2. The van der Waals surface area contributed by atoms with Gasteiger partial charge >= 0.3 is 17.9 Å². The maximum Gasteiger partial charge on any atom is 0.306 e. The molecule has 0 saturated heterocycles. The Bertz CT molecular complexity index is 1210. The zero-order valence-corrected chi connectivity index (χ0v) is 44.4. The standard InChI is InChI=1S/C61H108O6/c1-4-7-10-13-16-19-22-25-28-30-31-32-34-36-39-42-45-48-51-54-60(63)66-57-58(56-65-59(62)53-50-47-44-41-38-35-27-24-21-18-15-12-9-6-3)67-61(64)55-52-49-46-43-40-37-33-29-26-23-20-17-14-11-8-5-2/h16,19-20,23,25,28-29,31-33,58H,4-15,17-18,21-22,24,26-27,30,34-57H2,1-3H3/b19-16-,23-20-,28-25-,32-31-,33-29-. The van der Waals surface area contributed by atoms with Crippen LogP contribution in [0.1, 0.15) is 290 Å². The molecule has 388 valence electrons. The van der Waals surface area contributed by atoms with E-state index >= 15 is 0 Å². The highest BCUT2D eigenvalue weighted by molar-refractivity contribution is 5.71. The number of hydrogen-bond acceptors (Lipinski definition) is 6. The third-order valence-corrected chi connectivity index (χ3v) is 12.5. The SMILES string of the molecule is CCCCC/C=C\C/C=C\C/C=C\CCCCCCCCC(=O)OCC(COC(=O)CCCCCCCCCCCCCCCC)OC(=O)CCCCCCC/C=C\C/C=C\CCCCCC. The van der Waals surface area contributed by atoms with E-state index in [0.29, 0.717) is 19.3 Å². The Morgan fingerprint density at radius 2 is 0.537 bits per heavy atom. The average Bonchev–Trinajstić information content (AvgIpc) is 3.33. The fourth-order valence-corrected chi connectivity index (χ4v) is 8.13. The van der Waals surface area contributed by atoms with E-state index < -0.39 is 6.10 Å². The third kappa shape index (κ3) is 53.9. The maximum absolute atomic E-state index is 12.8. The summed E-state index contributed by atoms with van der Waals surface area (Å²) in [5.74, 6) is -0.897. The molecular weight excluding hydrogens is 829 g/mol. The van der Waals surface area contributed by atoms with Gasteiger partial charge in [-0.3, -0.25) is 14.4 Å². The zero-order valence-electron chi connectivity index (χ0n) is 44.4. The van der Waals surface area contributed by atoms with Crippen molar-refractivity contribution < 1.29 is 28.6 Å². The van der Waals surface area contributed by atoms with Gasteiger partial charge in [0.15, 0.2) is 6.10 Å². The summed E-state index contributed by atoms with van der Waals surface area (Å²) in [6.45, 7) is 6.60. The van der Waals surface area contributed by atoms with Gasteiger partial charge in [-0.15, -0.1) is 0 Å². The molecule has 1 unspecified atom stereocenters. The fraction of sp³-hybridized carbons (Fsp3) is 0.787. The summed E-state index contributed by atoms with van der Waals surface area (Å²) < 4.78 is 16.9. The van der Waals surface area contributed by atoms with Gasteiger partial charge in [-0.05, 0) is 89.9 Å². The van der Waals surface area contributed by atoms with E-state index in [0.717, 1.165) is 103 Å². The van der Waals surface area contributed by atoms with Gasteiger partial charge in [-0.25, -0.2) is 0 Å². The number of carbonyl (C=O) groups is 3. The molecule has 67 heavy (non-hydrogen) atoms. The Morgan fingerprint density at radius 1 is 0.299 bits per heavy atom. The fourth-order valence-electron chi connectivity index (χ4n) is 8.13. The van der Waals surface area contributed by atoms with Crippen LogP contribution >= 0.6 is 0 Å². The second-order valence-electron chi connectivity index (χ2n) is 19.2. The summed E-state index contributed by atoms with van der Waals surface area (Å²) >= 11 is 0. The van der Waals surface area contributed by atoms with E-state index in [1.807, 2.05) is 0 Å². The van der Waals surface area contributed by atoms with Crippen molar-refractivity contribution in [1.29, 1.82) is 0 Å². The van der Waals surface area contributed by atoms with Crippen molar-refractivity contribution in [3.05, 3.63) is 60.8 Å². The summed E-state index contributed by atoms with van der Waals surface area (Å²) in [5.41, 5.74) is 0. The first-order valence-electron chi connectivity index (χ1n) is 28.8. The topological polar surface area (TPSA) is 78.9 Å². The summed E-state index contributed by atoms with van der Waals surface area (Å²) in [5, 5.41) is 0. The van der Waals surface area contributed by atoms with Crippen LogP contribution in [0.5, 0.6) is 0 Å². The molecule has 0 aliphatic heterocycles. The van der Waals surface area contributed by atoms with Crippen LogP contribution in [0.25, 0.3) is 0 Å². The van der Waals surface area contributed by atoms with E-state index in [-0.39, 0.29) is 31.1 Å². The lowest BCUT2D eigenvalue weighted by Gasteiger charge is -2.18. The smallest absolute Gasteiger partial charge is 0.306 e. The van der Waals surface area contributed by atoms with Crippen molar-refractivity contribution in [2.75, 3.05) is 13.2 Å². The lowest BCUT2D eigenvalue weighted by atomic mass is 10.0. The van der Waals surface area contributed by atoms with E-state index in [9.17, 15) is 14.4 Å². The minimum absolute atomic E-state index is 0.0819. The number of carbonyl (C=O) groups excluding carboxylic acids is 3. The highest BCUT2D eigenvalue weighted by Gasteiger charge is 2.19. The predicted molar refractivity (Wildman–Crippen MR) is 288 cm³/mol. The molecule has 0 radical (unpaired) electrons. The van der Waals surface area contributed by atoms with Crippen molar-refractivity contribution >= 4 is 17.9 Å². The first-order chi connectivity index (χ1) is 33.0. The van der Waals surface area contributed by atoms with Gasteiger partial charge in [0.1, 0.15) is 13.2 Å². The maximum atomic E-state index is 12.8. The molecule has 0 aromatic heterocycles. The van der Waals surface area contributed by atoms with Crippen LogP contribution in [0.15, 0.2) is 60.8 Å². The van der Waals surface area contributed by atoms with Crippen LogP contribution < -0.4 is 0 Å². The molecule has 0 spiro atoms. The Morgan fingerprint density at radius 3 is 0.881 bits per heavy atom. The lowest BCUT2D eigenvalue weighted by Crippen LogP contribution is -2.30. The van der Waals surface area contributed by atoms with E-state index in [4.69, 9.17) is 14.2 Å². The molecule has 0 aromatic carbocycles. The van der Waals surface area contributed by atoms with Gasteiger partial charge in [0.05, 0.1) is 0 Å². The largest absolute Gasteiger partial charge is 0.462 e. The molecular formula is C61H108O6. The quantitative estimate of drug-likeness (QED) is 0.0262. The van der Waals surface area contributed by atoms with E-state index in [1.165, 1.54) is 148 Å². The second kappa shape index (κ2) is 55.7. The van der Waals surface area contributed by atoms with Crippen molar-refractivity contribution in [3.63, 3.8) is 0 Å². The minimum Gasteiger partial charge on any atom is -0.462 e. The molecule has 1 atom stereocenters. The van der Waals surface area contributed by atoms with Crippen LogP contribution in [0.3, 0.4) is 0 Å². The number of allylic oxidation sites excluding steroid dienone is 10. The van der Waals surface area contributed by atoms with Gasteiger partial charge in [-0.2, -0.15) is 0 Å². The summed E-state index contributed by atoms with van der Waals surface area (Å²) in [6.07, 6.45) is 69.1. The summed E-state index contributed by atoms with van der Waals surface area (Å²) in [7, 11) is 0. The molecule has 0 saturated carbocycles. The average molecular weight is 938 g/mol. The first kappa shape index (κ1) is 64.1. The molecule has 0 N–H and O–H groups in total. The number of esters is 3. The highest BCUT2D eigenvalue weighted by Crippen LogP contribution is 2.15. The van der Waals surface area contributed by atoms with Crippen molar-refractivity contribution in [3.8, 4) is 0 Å². The molecule has 6 heteroatoms. The molecule has 0 fully saturated rings. The highest BCUT2D eigenvalue weighted by atomic mass is 16.6. The third-order valence-electron chi connectivity index (χ3n) is 12.5. The molecule has 0 aliphatic carbocycles. The number of ether oxygens (including phenoxy) is 3. The molecule has 0 bridgehead atoms. The molecule has 6 nitrogen and oxygen atoms in total. The molecule has 0 aromatic rings. The van der Waals surface area contributed by atoms with Crippen LogP contribution in [0.4, 0.5) is 0 Å². The number of hydrogen-bond donors (Lipinski definition) is 0. The predicted octanol–water partition coefficient (Wildman–Crippen LogP) is 19.2. The van der Waals surface area contributed by atoms with E-state index in [1.54, 1.807) is 0 Å². The van der Waals surface area contributed by atoms with Gasteiger partial charge < -0.3 is 14.2 Å². The minimum atomic E-state index is -0.785. The van der Waals surface area contributed by atoms with Crippen LogP contribution in [-0.2, 0) is 28.6 Å². The Labute approximate surface area is 415 Å². The Kier molecular flexibility index (Phi) is 53.3. The Hall–Kier alpha value is -2.89. The van der Waals surface area contributed by atoms with Gasteiger partial charge in [0.25, 0.3) is 0 Å². The van der Waals surface area contributed by atoms with Crippen molar-refractivity contribution in [1.82, 2.24) is 0 Å². The lowest BCUT2D eigenvalue weighted by molar-refractivity contribution is -0.167. The van der Waals surface area contributed by atoms with Crippen LogP contribution in [0.2, 0.25) is 0 Å². The van der Waals surface area contributed by atoms with E-state index in [2.05, 4.69) is 81.5 Å². The molecule has 0 amide bonds. The van der Waals surface area contributed by atoms with Crippen LogP contribution in [-0.4, -0.2) is 37.2 Å². The van der Waals surface area contributed by atoms with Gasteiger partial charge in [0.2, 0.25) is 0 Å². The monoisotopic (exact) mass is 937 g/mol. The Balaban J connectivity index is 4.40. The van der Waals surface area contributed by atoms with Crippen molar-refractivity contribution in [2.24, 2.45) is 0 Å². The van der Waals surface area contributed by atoms with Gasteiger partial charge in [0, 0.05) is 19.3 Å². The molecule has 0 heterocycles. The normalized spacial score (nSPS) is 12.5. The zero-order chi connectivity index (χ0) is 48.6. The molecule has 0 aliphatic rings. The molecule has 0 rings (SSSR count). The van der Waals surface area contributed by atoms with Crippen LogP contribution in [0, 0.1) is 0 Å². The number of rotatable bonds is 52. The van der Waals surface area contributed by atoms with Gasteiger partial charge in [-0.1, -0.05) is 242 Å². The summed E-state index contributed by atoms with van der Waals surface area (Å²) in [4.78, 5) is 38.1. The first-order valence-corrected chi connectivity index (χ1v) is 28.8.